The highest BCUT2D eigenvalue weighted by Gasteiger charge is 2.25. The summed E-state index contributed by atoms with van der Waals surface area (Å²) < 4.78 is 6.43. The van der Waals surface area contributed by atoms with E-state index < -0.39 is 5.60 Å². The minimum atomic E-state index is -0.403. The molecule has 0 spiro atoms. The van der Waals surface area contributed by atoms with E-state index in [1.54, 1.807) is 7.11 Å². The van der Waals surface area contributed by atoms with Crippen LogP contribution >= 0.6 is 15.9 Å². The third-order valence-electron chi connectivity index (χ3n) is 2.28. The van der Waals surface area contributed by atoms with E-state index in [9.17, 15) is 0 Å². The Morgan fingerprint density at radius 1 is 1.46 bits per heavy atom. The molecule has 13 heavy (non-hydrogen) atoms. The van der Waals surface area contributed by atoms with Crippen molar-refractivity contribution in [3.05, 3.63) is 34.3 Å². The molecule has 0 aliphatic heterocycles. The first kappa shape index (κ1) is 10.7. The second kappa shape index (κ2) is 4.22. The molecular formula is C10H14BrNO. The van der Waals surface area contributed by atoms with Crippen LogP contribution in [0.4, 0.5) is 0 Å². The van der Waals surface area contributed by atoms with Crippen LogP contribution in [-0.4, -0.2) is 13.7 Å². The fourth-order valence-corrected chi connectivity index (χ4v) is 1.90. The van der Waals surface area contributed by atoms with Gasteiger partial charge in [0, 0.05) is 18.1 Å². The average molecular weight is 244 g/mol. The molecular weight excluding hydrogens is 230 g/mol. The van der Waals surface area contributed by atoms with Crippen LogP contribution in [0.3, 0.4) is 0 Å². The van der Waals surface area contributed by atoms with Crippen molar-refractivity contribution in [1.29, 1.82) is 0 Å². The van der Waals surface area contributed by atoms with E-state index in [4.69, 9.17) is 10.5 Å². The Kier molecular flexibility index (Phi) is 3.47. The van der Waals surface area contributed by atoms with Gasteiger partial charge < -0.3 is 10.5 Å². The molecule has 2 nitrogen and oxygen atoms in total. The predicted octanol–water partition coefficient (Wildman–Crippen LogP) is 2.27. The Hall–Kier alpha value is -0.380. The first-order valence-corrected chi connectivity index (χ1v) is 4.93. The summed E-state index contributed by atoms with van der Waals surface area (Å²) in [4.78, 5) is 0. The molecule has 1 rings (SSSR count). The number of ether oxygens (including phenoxy) is 1. The molecule has 0 radical (unpaired) electrons. The van der Waals surface area contributed by atoms with Gasteiger partial charge in [0.05, 0.1) is 0 Å². The molecule has 2 N–H and O–H groups in total. The molecule has 72 valence electrons. The quantitative estimate of drug-likeness (QED) is 0.885. The number of hydrogen-bond donors (Lipinski definition) is 1. The van der Waals surface area contributed by atoms with Crippen molar-refractivity contribution in [1.82, 2.24) is 0 Å². The molecule has 0 aliphatic rings. The highest BCUT2D eigenvalue weighted by Crippen LogP contribution is 2.29. The highest BCUT2D eigenvalue weighted by molar-refractivity contribution is 9.10. The second-order valence-electron chi connectivity index (χ2n) is 3.12. The van der Waals surface area contributed by atoms with Gasteiger partial charge in [-0.2, -0.15) is 0 Å². The molecule has 0 heterocycles. The summed E-state index contributed by atoms with van der Waals surface area (Å²) in [5.41, 5.74) is 6.35. The van der Waals surface area contributed by atoms with Gasteiger partial charge in [0.25, 0.3) is 0 Å². The van der Waals surface area contributed by atoms with Crippen molar-refractivity contribution < 1.29 is 4.74 Å². The van der Waals surface area contributed by atoms with Gasteiger partial charge in [-0.3, -0.25) is 0 Å². The fraction of sp³-hybridized carbons (Fsp3) is 0.400. The van der Waals surface area contributed by atoms with Gasteiger partial charge in [-0.25, -0.2) is 0 Å². The van der Waals surface area contributed by atoms with Gasteiger partial charge in [-0.1, -0.05) is 34.1 Å². The van der Waals surface area contributed by atoms with Crippen molar-refractivity contribution in [3.63, 3.8) is 0 Å². The van der Waals surface area contributed by atoms with Crippen molar-refractivity contribution in [2.75, 3.05) is 13.7 Å². The lowest BCUT2D eigenvalue weighted by molar-refractivity contribution is 0.00948. The minimum absolute atomic E-state index is 0.403. The topological polar surface area (TPSA) is 35.2 Å². The van der Waals surface area contributed by atoms with Gasteiger partial charge in [-0.15, -0.1) is 0 Å². The van der Waals surface area contributed by atoms with Gasteiger partial charge in [-0.05, 0) is 18.6 Å². The fourth-order valence-electron chi connectivity index (χ4n) is 1.19. The predicted molar refractivity (Wildman–Crippen MR) is 57.6 cm³/mol. The molecule has 0 bridgehead atoms. The maximum atomic E-state index is 5.67. The van der Waals surface area contributed by atoms with E-state index in [2.05, 4.69) is 15.9 Å². The van der Waals surface area contributed by atoms with Crippen molar-refractivity contribution in [2.24, 2.45) is 5.73 Å². The van der Waals surface area contributed by atoms with Gasteiger partial charge in [0.1, 0.15) is 5.60 Å². The van der Waals surface area contributed by atoms with Gasteiger partial charge in [0.2, 0.25) is 0 Å². The normalized spacial score (nSPS) is 15.4. The maximum Gasteiger partial charge on any atom is 0.103 e. The summed E-state index contributed by atoms with van der Waals surface area (Å²) in [6.07, 6.45) is 0. The summed E-state index contributed by atoms with van der Waals surface area (Å²) >= 11 is 3.48. The van der Waals surface area contributed by atoms with Crippen molar-refractivity contribution in [2.45, 2.75) is 12.5 Å². The Morgan fingerprint density at radius 3 is 2.54 bits per heavy atom. The zero-order valence-electron chi connectivity index (χ0n) is 7.88. The lowest BCUT2D eigenvalue weighted by Gasteiger charge is -2.27. The standard InChI is InChI=1S/C10H14BrNO/c1-10(7-12,13-2)8-5-3-4-6-9(8)11/h3-6H,7,12H2,1-2H3. The molecule has 1 unspecified atom stereocenters. The number of benzene rings is 1. The number of nitrogens with two attached hydrogens (primary N) is 1. The molecule has 1 atom stereocenters. The monoisotopic (exact) mass is 243 g/mol. The largest absolute Gasteiger partial charge is 0.372 e. The SMILES string of the molecule is COC(C)(CN)c1ccccc1Br. The summed E-state index contributed by atoms with van der Waals surface area (Å²) in [5.74, 6) is 0. The number of rotatable bonds is 3. The molecule has 0 aromatic heterocycles. The Labute approximate surface area is 87.2 Å². The van der Waals surface area contributed by atoms with Crippen LogP contribution in [0.1, 0.15) is 12.5 Å². The Morgan fingerprint density at radius 2 is 2.08 bits per heavy atom. The molecule has 0 amide bonds. The number of methoxy groups -OCH3 is 1. The van der Waals surface area contributed by atoms with E-state index in [0.29, 0.717) is 6.54 Å². The maximum absolute atomic E-state index is 5.67. The summed E-state index contributed by atoms with van der Waals surface area (Å²) in [6.45, 7) is 2.44. The Balaban J connectivity index is 3.12. The van der Waals surface area contributed by atoms with Crippen molar-refractivity contribution in [3.8, 4) is 0 Å². The molecule has 3 heteroatoms. The first-order valence-electron chi connectivity index (χ1n) is 4.14. The van der Waals surface area contributed by atoms with E-state index in [1.807, 2.05) is 31.2 Å². The zero-order valence-corrected chi connectivity index (χ0v) is 9.47. The lowest BCUT2D eigenvalue weighted by atomic mass is 9.96. The summed E-state index contributed by atoms with van der Waals surface area (Å²) in [6, 6.07) is 7.95. The summed E-state index contributed by atoms with van der Waals surface area (Å²) in [7, 11) is 1.67. The minimum Gasteiger partial charge on any atom is -0.372 e. The molecule has 1 aromatic rings. The second-order valence-corrected chi connectivity index (χ2v) is 3.97. The molecule has 0 saturated carbocycles. The van der Waals surface area contributed by atoms with Gasteiger partial charge >= 0.3 is 0 Å². The van der Waals surface area contributed by atoms with Crippen molar-refractivity contribution >= 4 is 15.9 Å². The summed E-state index contributed by atoms with van der Waals surface area (Å²) in [5, 5.41) is 0. The van der Waals surface area contributed by atoms with Crippen LogP contribution in [0.2, 0.25) is 0 Å². The molecule has 0 aliphatic carbocycles. The van der Waals surface area contributed by atoms with E-state index in [-0.39, 0.29) is 0 Å². The Bertz CT molecular complexity index is 284. The van der Waals surface area contributed by atoms with Gasteiger partial charge in [0.15, 0.2) is 0 Å². The number of hydrogen-bond acceptors (Lipinski definition) is 2. The first-order chi connectivity index (χ1) is 6.14. The van der Waals surface area contributed by atoms with Crippen LogP contribution < -0.4 is 5.73 Å². The molecule has 0 saturated heterocycles. The average Bonchev–Trinajstić information content (AvgIpc) is 2.17. The zero-order chi connectivity index (χ0) is 9.90. The molecule has 0 fully saturated rings. The number of halogens is 1. The van der Waals surface area contributed by atoms with Crippen LogP contribution in [0.15, 0.2) is 28.7 Å². The van der Waals surface area contributed by atoms with E-state index >= 15 is 0 Å². The third kappa shape index (κ3) is 2.10. The smallest absolute Gasteiger partial charge is 0.103 e. The molecule has 1 aromatic carbocycles. The third-order valence-corrected chi connectivity index (χ3v) is 2.98. The van der Waals surface area contributed by atoms with Crippen LogP contribution in [-0.2, 0) is 10.3 Å². The lowest BCUT2D eigenvalue weighted by Crippen LogP contribution is -2.34. The van der Waals surface area contributed by atoms with E-state index in [0.717, 1.165) is 10.0 Å². The van der Waals surface area contributed by atoms with Crippen LogP contribution in [0.5, 0.6) is 0 Å². The van der Waals surface area contributed by atoms with E-state index in [1.165, 1.54) is 0 Å². The van der Waals surface area contributed by atoms with Crippen LogP contribution in [0.25, 0.3) is 0 Å². The van der Waals surface area contributed by atoms with Crippen LogP contribution in [0, 0.1) is 0 Å². The highest BCUT2D eigenvalue weighted by atomic mass is 79.9.